The Labute approximate surface area is 115 Å². The van der Waals surface area contributed by atoms with Crippen LogP contribution in [0.1, 0.15) is 17.2 Å². The van der Waals surface area contributed by atoms with E-state index in [1.165, 1.54) is 0 Å². The van der Waals surface area contributed by atoms with E-state index in [1.807, 2.05) is 30.3 Å². The van der Waals surface area contributed by atoms with Gasteiger partial charge in [0.2, 0.25) is 0 Å². The monoisotopic (exact) mass is 270 g/mol. The van der Waals surface area contributed by atoms with Gasteiger partial charge in [0, 0.05) is 16.1 Å². The minimum Gasteiger partial charge on any atom is -0.383 e. The van der Waals surface area contributed by atoms with Crippen molar-refractivity contribution >= 4 is 11.6 Å². The molecule has 0 saturated carbocycles. The highest BCUT2D eigenvalue weighted by molar-refractivity contribution is 6.30. The van der Waals surface area contributed by atoms with Gasteiger partial charge >= 0.3 is 0 Å². The highest BCUT2D eigenvalue weighted by atomic mass is 35.5. The molecule has 0 aliphatic carbocycles. The van der Waals surface area contributed by atoms with E-state index in [9.17, 15) is 9.90 Å². The van der Waals surface area contributed by atoms with Gasteiger partial charge in [0.1, 0.15) is 6.10 Å². The van der Waals surface area contributed by atoms with E-state index in [4.69, 9.17) is 11.6 Å². The smallest absolute Gasteiger partial charge is 0.193 e. The first-order valence-corrected chi connectivity index (χ1v) is 6.34. The Hall–Kier alpha value is -1.90. The van der Waals surface area contributed by atoms with Crippen LogP contribution in [0, 0.1) is 0 Å². The van der Waals surface area contributed by atoms with Crippen molar-refractivity contribution in [1.82, 2.24) is 0 Å². The van der Waals surface area contributed by atoms with Gasteiger partial charge in [-0.3, -0.25) is 4.79 Å². The summed E-state index contributed by atoms with van der Waals surface area (Å²) < 4.78 is 0. The predicted octanol–water partition coefficient (Wildman–Crippen LogP) is 3.32. The summed E-state index contributed by atoms with van der Waals surface area (Å²) in [4.78, 5) is 11.9. The van der Waals surface area contributed by atoms with Gasteiger partial charge in [0.25, 0.3) is 0 Å². The van der Waals surface area contributed by atoms with Crippen LogP contribution in [-0.4, -0.2) is 5.11 Å². The molecule has 0 aromatic heterocycles. The van der Waals surface area contributed by atoms with Crippen LogP contribution in [0.25, 0.3) is 11.1 Å². The lowest BCUT2D eigenvalue weighted by Gasteiger charge is -2.05. The van der Waals surface area contributed by atoms with Crippen molar-refractivity contribution in [2.75, 3.05) is 0 Å². The summed E-state index contributed by atoms with van der Waals surface area (Å²) in [5.74, 6) is 0. The molecule has 0 saturated heterocycles. The maximum absolute atomic E-state index is 11.9. The number of aliphatic hydroxyl groups excluding tert-OH is 1. The second-order valence-corrected chi connectivity index (χ2v) is 4.87. The molecule has 0 spiro atoms. The van der Waals surface area contributed by atoms with Crippen molar-refractivity contribution in [1.29, 1.82) is 0 Å². The van der Waals surface area contributed by atoms with E-state index < -0.39 is 6.10 Å². The fourth-order valence-corrected chi connectivity index (χ4v) is 2.28. The molecule has 0 fully saturated rings. The van der Waals surface area contributed by atoms with Crippen LogP contribution in [0.2, 0.25) is 5.02 Å². The molecule has 1 N–H and O–H groups in total. The van der Waals surface area contributed by atoms with Gasteiger partial charge in [-0.15, -0.1) is 0 Å². The lowest BCUT2D eigenvalue weighted by atomic mass is 10.1. The van der Waals surface area contributed by atoms with Crippen LogP contribution < -0.4 is 5.43 Å². The van der Waals surface area contributed by atoms with Crippen LogP contribution in [0.3, 0.4) is 0 Å². The Morgan fingerprint density at radius 1 is 0.947 bits per heavy atom. The molecule has 0 aliphatic rings. The van der Waals surface area contributed by atoms with E-state index in [0.717, 1.165) is 11.1 Å². The maximum atomic E-state index is 11.9. The summed E-state index contributed by atoms with van der Waals surface area (Å²) >= 11 is 5.82. The molecule has 0 amide bonds. The summed E-state index contributed by atoms with van der Waals surface area (Å²) in [5, 5.41) is 10.8. The van der Waals surface area contributed by atoms with E-state index >= 15 is 0 Å². The molecule has 2 nitrogen and oxygen atoms in total. The Kier molecular flexibility index (Phi) is 2.97. The van der Waals surface area contributed by atoms with Gasteiger partial charge in [-0.25, -0.2) is 0 Å². The highest BCUT2D eigenvalue weighted by Gasteiger charge is 2.30. The number of rotatable bonds is 3. The molecule has 1 unspecified atom stereocenters. The molecular weight excluding hydrogens is 260 g/mol. The first-order chi connectivity index (χ1) is 9.18. The Bertz CT molecular complexity index is 707. The fraction of sp³-hybridized carbons (Fsp3) is 0.0625. The molecule has 3 aromatic carbocycles. The molecule has 19 heavy (non-hydrogen) atoms. The zero-order chi connectivity index (χ0) is 13.4. The Balaban J connectivity index is 1.93. The van der Waals surface area contributed by atoms with E-state index in [0.29, 0.717) is 16.1 Å². The third kappa shape index (κ3) is 2.21. The average molecular weight is 271 g/mol. The molecule has 0 bridgehead atoms. The zero-order valence-electron chi connectivity index (χ0n) is 10.0. The molecule has 0 heterocycles. The van der Waals surface area contributed by atoms with Gasteiger partial charge < -0.3 is 5.11 Å². The summed E-state index contributed by atoms with van der Waals surface area (Å²) in [6.07, 6.45) is -0.848. The summed E-state index contributed by atoms with van der Waals surface area (Å²) in [6.45, 7) is 0. The standard InChI is InChI=1S/C16H11ClO2/c17-12-8-6-10(7-9-12)13-14(16(13)19)15(18)11-4-2-1-3-5-11/h1-9,15,18H. The van der Waals surface area contributed by atoms with E-state index in [-0.39, 0.29) is 5.43 Å². The number of aliphatic hydroxyl groups is 1. The largest absolute Gasteiger partial charge is 0.383 e. The normalized spacial score (nSPS) is 12.7. The van der Waals surface area contributed by atoms with E-state index in [1.54, 1.807) is 24.3 Å². The second kappa shape index (κ2) is 4.65. The van der Waals surface area contributed by atoms with Crippen molar-refractivity contribution in [2.45, 2.75) is 6.10 Å². The molecule has 3 rings (SSSR count). The quantitative estimate of drug-likeness (QED) is 0.793. The van der Waals surface area contributed by atoms with Crippen LogP contribution in [-0.2, 0) is 0 Å². The number of hydrogen-bond acceptors (Lipinski definition) is 2. The minimum absolute atomic E-state index is 0.0707. The first kappa shape index (κ1) is 12.2. The molecule has 0 aliphatic heterocycles. The topological polar surface area (TPSA) is 37.3 Å². The molecule has 0 radical (unpaired) electrons. The van der Waals surface area contributed by atoms with Crippen molar-refractivity contribution in [3.05, 3.63) is 81.0 Å². The van der Waals surface area contributed by atoms with Gasteiger partial charge in [0.05, 0.1) is 0 Å². The number of halogens is 1. The summed E-state index contributed by atoms with van der Waals surface area (Å²) in [6, 6.07) is 16.2. The molecule has 94 valence electrons. The zero-order valence-corrected chi connectivity index (χ0v) is 10.8. The van der Waals surface area contributed by atoms with Crippen LogP contribution >= 0.6 is 11.6 Å². The SMILES string of the molecule is O=c1c(-c2ccc(Cl)cc2)c1C(O)c1ccccc1. The third-order valence-electron chi connectivity index (χ3n) is 3.20. The average Bonchev–Trinajstić information content (AvgIpc) is 3.11. The summed E-state index contributed by atoms with van der Waals surface area (Å²) in [7, 11) is 0. The second-order valence-electron chi connectivity index (χ2n) is 4.44. The van der Waals surface area contributed by atoms with Gasteiger partial charge in [-0.1, -0.05) is 54.1 Å². The van der Waals surface area contributed by atoms with Crippen molar-refractivity contribution in [3.8, 4) is 11.1 Å². The number of benzene rings is 2. The van der Waals surface area contributed by atoms with Crippen molar-refractivity contribution < 1.29 is 5.11 Å². The van der Waals surface area contributed by atoms with Crippen LogP contribution in [0.15, 0.2) is 59.4 Å². The minimum atomic E-state index is -0.848. The highest BCUT2D eigenvalue weighted by Crippen LogP contribution is 2.34. The molecule has 3 aromatic rings. The Morgan fingerprint density at radius 2 is 1.58 bits per heavy atom. The van der Waals surface area contributed by atoms with Crippen molar-refractivity contribution in [3.63, 3.8) is 0 Å². The predicted molar refractivity (Wildman–Crippen MR) is 76.0 cm³/mol. The third-order valence-corrected chi connectivity index (χ3v) is 3.45. The van der Waals surface area contributed by atoms with Gasteiger partial charge in [-0.05, 0) is 23.3 Å². The molecule has 3 heteroatoms. The van der Waals surface area contributed by atoms with Crippen molar-refractivity contribution in [2.24, 2.45) is 0 Å². The van der Waals surface area contributed by atoms with Crippen LogP contribution in [0.4, 0.5) is 0 Å². The van der Waals surface area contributed by atoms with Crippen LogP contribution in [0.5, 0.6) is 0 Å². The summed E-state index contributed by atoms with van der Waals surface area (Å²) in [5.41, 5.74) is 2.55. The lowest BCUT2D eigenvalue weighted by Crippen LogP contribution is -1.97. The fourth-order valence-electron chi connectivity index (χ4n) is 2.15. The Morgan fingerprint density at radius 3 is 2.21 bits per heavy atom. The molecule has 1 atom stereocenters. The maximum Gasteiger partial charge on any atom is 0.193 e. The number of hydrogen-bond donors (Lipinski definition) is 1. The first-order valence-electron chi connectivity index (χ1n) is 5.96. The molecular formula is C16H11ClO2. The van der Waals surface area contributed by atoms with Gasteiger partial charge in [0.15, 0.2) is 5.43 Å². The van der Waals surface area contributed by atoms with Gasteiger partial charge in [-0.2, -0.15) is 0 Å². The lowest BCUT2D eigenvalue weighted by molar-refractivity contribution is 0.223. The van der Waals surface area contributed by atoms with E-state index in [2.05, 4.69) is 0 Å².